The number of aromatic amines is 1. The average molecular weight is 374 g/mol. The lowest BCUT2D eigenvalue weighted by Gasteiger charge is -2.09. The molecule has 3 rings (SSSR count). The van der Waals surface area contributed by atoms with E-state index in [0.717, 1.165) is 16.8 Å². The van der Waals surface area contributed by atoms with E-state index in [1.165, 1.54) is 6.20 Å². The molecule has 0 aliphatic carbocycles. The van der Waals surface area contributed by atoms with Crippen molar-refractivity contribution in [1.82, 2.24) is 20.6 Å². The van der Waals surface area contributed by atoms with Gasteiger partial charge >= 0.3 is 5.97 Å². The maximum atomic E-state index is 12.0. The lowest BCUT2D eigenvalue weighted by molar-refractivity contribution is 0.0378. The molecule has 0 aliphatic heterocycles. The minimum atomic E-state index is -0.340. The molecule has 0 amide bonds. The number of nitrogens with zero attached hydrogens (tertiary/aromatic N) is 4. The molecule has 3 aromatic rings. The number of benzene rings is 2. The third-order valence-electron chi connectivity index (χ3n) is 3.75. The van der Waals surface area contributed by atoms with Gasteiger partial charge in [0, 0.05) is 11.9 Å². The largest absolute Gasteiger partial charge is 0.459 e. The number of tetrazole rings is 1. The molecule has 0 saturated carbocycles. The Hall–Kier alpha value is -3.99. The summed E-state index contributed by atoms with van der Waals surface area (Å²) < 4.78 is 5.20. The third-order valence-corrected chi connectivity index (χ3v) is 3.75. The number of hydrogen-bond donors (Lipinski definition) is 2. The smallest absolute Gasteiger partial charge is 0.338 e. The van der Waals surface area contributed by atoms with E-state index in [1.807, 2.05) is 56.3 Å². The molecule has 8 nitrogen and oxygen atoms in total. The van der Waals surface area contributed by atoms with E-state index in [2.05, 4.69) is 25.9 Å². The fraction of sp³-hybridized carbons (Fsp3) is 0.150. The van der Waals surface area contributed by atoms with Gasteiger partial charge < -0.3 is 10.1 Å². The van der Waals surface area contributed by atoms with Crippen LogP contribution in [0.1, 0.15) is 30.0 Å². The van der Waals surface area contributed by atoms with Crippen molar-refractivity contribution in [3.05, 3.63) is 66.1 Å². The number of aromatic nitrogens is 4. The van der Waals surface area contributed by atoms with Crippen molar-refractivity contribution in [3.63, 3.8) is 0 Å². The summed E-state index contributed by atoms with van der Waals surface area (Å²) in [4.78, 5) is 12.0. The first-order valence-corrected chi connectivity index (χ1v) is 8.59. The average Bonchev–Trinajstić information content (AvgIpc) is 3.23. The number of carbonyl (C=O) groups excluding carboxylic acids is 1. The topological polar surface area (TPSA) is 117 Å². The fourth-order valence-electron chi connectivity index (χ4n) is 2.45. The van der Waals surface area contributed by atoms with Crippen molar-refractivity contribution in [2.24, 2.45) is 0 Å². The molecular formula is C20H18N6O2. The van der Waals surface area contributed by atoms with Gasteiger partial charge in [-0.25, -0.2) is 4.79 Å². The van der Waals surface area contributed by atoms with Crippen LogP contribution in [-0.4, -0.2) is 32.7 Å². The van der Waals surface area contributed by atoms with Crippen LogP contribution in [0.3, 0.4) is 0 Å². The van der Waals surface area contributed by atoms with Crippen LogP contribution in [0, 0.1) is 11.3 Å². The van der Waals surface area contributed by atoms with Crippen LogP contribution in [0.2, 0.25) is 0 Å². The van der Waals surface area contributed by atoms with Crippen molar-refractivity contribution in [1.29, 1.82) is 5.26 Å². The summed E-state index contributed by atoms with van der Waals surface area (Å²) in [6, 6.07) is 16.9. The van der Waals surface area contributed by atoms with E-state index in [-0.39, 0.29) is 23.5 Å². The molecule has 0 saturated heterocycles. The highest BCUT2D eigenvalue weighted by Crippen LogP contribution is 2.24. The van der Waals surface area contributed by atoms with Gasteiger partial charge in [-0.1, -0.05) is 24.3 Å². The summed E-state index contributed by atoms with van der Waals surface area (Å²) in [5.74, 6) is -0.123. The highest BCUT2D eigenvalue weighted by atomic mass is 16.5. The van der Waals surface area contributed by atoms with Crippen molar-refractivity contribution in [3.8, 4) is 17.2 Å². The predicted molar refractivity (Wildman–Crippen MR) is 104 cm³/mol. The molecule has 2 aromatic carbocycles. The van der Waals surface area contributed by atoms with Gasteiger partial charge in [0.15, 0.2) is 0 Å². The van der Waals surface area contributed by atoms with E-state index in [9.17, 15) is 10.1 Å². The highest BCUT2D eigenvalue weighted by molar-refractivity contribution is 5.90. The maximum absolute atomic E-state index is 12.0. The number of rotatable bonds is 6. The fourth-order valence-corrected chi connectivity index (χ4v) is 2.45. The van der Waals surface area contributed by atoms with Gasteiger partial charge in [-0.05, 0) is 54.5 Å². The summed E-state index contributed by atoms with van der Waals surface area (Å²) >= 11 is 0. The van der Waals surface area contributed by atoms with Crippen LogP contribution in [0.25, 0.3) is 16.7 Å². The number of esters is 1. The van der Waals surface area contributed by atoms with Crippen LogP contribution in [0.15, 0.2) is 54.7 Å². The van der Waals surface area contributed by atoms with Crippen LogP contribution < -0.4 is 5.32 Å². The molecule has 1 heterocycles. The predicted octanol–water partition coefficient (Wildman–Crippen LogP) is 3.41. The Morgan fingerprint density at radius 2 is 2.00 bits per heavy atom. The van der Waals surface area contributed by atoms with Crippen molar-refractivity contribution in [2.45, 2.75) is 20.0 Å². The normalized spacial score (nSPS) is 11.1. The Kier molecular flexibility index (Phi) is 5.77. The lowest BCUT2D eigenvalue weighted by Crippen LogP contribution is -2.11. The zero-order chi connectivity index (χ0) is 19.9. The summed E-state index contributed by atoms with van der Waals surface area (Å²) in [6.45, 7) is 3.63. The molecule has 140 valence electrons. The maximum Gasteiger partial charge on any atom is 0.338 e. The molecule has 0 aliphatic rings. The number of carbonyl (C=O) groups is 1. The summed E-state index contributed by atoms with van der Waals surface area (Å²) in [6.07, 6.45) is 1.36. The Bertz CT molecular complexity index is 1020. The Morgan fingerprint density at radius 3 is 2.64 bits per heavy atom. The van der Waals surface area contributed by atoms with Gasteiger partial charge in [-0.2, -0.15) is 10.5 Å². The van der Waals surface area contributed by atoms with Crippen molar-refractivity contribution in [2.75, 3.05) is 5.32 Å². The van der Waals surface area contributed by atoms with Gasteiger partial charge in [0.1, 0.15) is 11.6 Å². The zero-order valence-electron chi connectivity index (χ0n) is 15.4. The molecule has 0 unspecified atom stereocenters. The summed E-state index contributed by atoms with van der Waals surface area (Å²) in [7, 11) is 0. The van der Waals surface area contributed by atoms with Crippen LogP contribution in [0.5, 0.6) is 0 Å². The molecule has 0 atom stereocenters. The Labute approximate surface area is 161 Å². The number of nitrogens with one attached hydrogen (secondary N) is 2. The molecule has 0 fully saturated rings. The number of H-pyrrole nitrogens is 1. The molecule has 1 aromatic heterocycles. The van der Waals surface area contributed by atoms with Crippen LogP contribution >= 0.6 is 0 Å². The van der Waals surface area contributed by atoms with E-state index >= 15 is 0 Å². The van der Waals surface area contributed by atoms with Crippen molar-refractivity contribution >= 4 is 17.2 Å². The zero-order valence-corrected chi connectivity index (χ0v) is 15.4. The molecule has 2 N–H and O–H groups in total. The first-order chi connectivity index (χ1) is 13.6. The quantitative estimate of drug-likeness (QED) is 0.501. The van der Waals surface area contributed by atoms with Gasteiger partial charge in [-0.15, -0.1) is 10.2 Å². The molecule has 28 heavy (non-hydrogen) atoms. The SMILES string of the molecule is CC(C)OC(=O)c1ccc(-c2cccc(NC=C(C#N)c3nn[nH]n3)c2)cc1. The number of ether oxygens (including phenoxy) is 1. The van der Waals surface area contributed by atoms with E-state index in [0.29, 0.717) is 5.56 Å². The van der Waals surface area contributed by atoms with Gasteiger partial charge in [0.25, 0.3) is 0 Å². The third kappa shape index (κ3) is 4.59. The first kappa shape index (κ1) is 18.8. The second-order valence-corrected chi connectivity index (χ2v) is 6.16. The van der Waals surface area contributed by atoms with Crippen LogP contribution in [0.4, 0.5) is 5.69 Å². The number of hydrogen-bond acceptors (Lipinski definition) is 7. The minimum absolute atomic E-state index is 0.159. The number of allylic oxidation sites excluding steroid dienone is 1. The monoisotopic (exact) mass is 374 g/mol. The number of anilines is 1. The Morgan fingerprint density at radius 1 is 1.21 bits per heavy atom. The van der Waals surface area contributed by atoms with Crippen LogP contribution in [-0.2, 0) is 4.74 Å². The number of nitriles is 1. The van der Waals surface area contributed by atoms with Gasteiger partial charge in [-0.3, -0.25) is 0 Å². The highest BCUT2D eigenvalue weighted by Gasteiger charge is 2.09. The van der Waals surface area contributed by atoms with Gasteiger partial charge in [0.05, 0.1) is 11.7 Å². The van der Waals surface area contributed by atoms with E-state index in [1.54, 1.807) is 12.1 Å². The molecule has 0 radical (unpaired) electrons. The van der Waals surface area contributed by atoms with Gasteiger partial charge in [0.2, 0.25) is 5.82 Å². The second-order valence-electron chi connectivity index (χ2n) is 6.16. The molecule has 0 bridgehead atoms. The lowest BCUT2D eigenvalue weighted by atomic mass is 10.0. The standard InChI is InChI=1S/C20H18N6O2/c1-13(2)28-20(27)15-8-6-14(7-9-15)16-4-3-5-18(10-16)22-12-17(11-21)19-23-25-26-24-19/h3-10,12-13,22H,1-2H3,(H,23,24,25,26). The molecule has 0 spiro atoms. The molecule has 8 heteroatoms. The van der Waals surface area contributed by atoms with E-state index in [4.69, 9.17) is 4.74 Å². The Balaban J connectivity index is 1.76. The minimum Gasteiger partial charge on any atom is -0.459 e. The van der Waals surface area contributed by atoms with E-state index < -0.39 is 0 Å². The molecular weight excluding hydrogens is 356 g/mol. The second kappa shape index (κ2) is 8.60. The summed E-state index contributed by atoms with van der Waals surface area (Å²) in [5.41, 5.74) is 3.46. The summed E-state index contributed by atoms with van der Waals surface area (Å²) in [5, 5.41) is 25.6. The van der Waals surface area contributed by atoms with Crippen molar-refractivity contribution < 1.29 is 9.53 Å². The first-order valence-electron chi connectivity index (χ1n) is 8.59.